The van der Waals surface area contributed by atoms with Gasteiger partial charge < -0.3 is 5.32 Å². The zero-order valence-electron chi connectivity index (χ0n) is 10.5. The minimum atomic E-state index is -3.52. The molecule has 0 saturated carbocycles. The monoisotopic (exact) mass is 309 g/mol. The van der Waals surface area contributed by atoms with Crippen molar-refractivity contribution in [2.45, 2.75) is 6.92 Å². The summed E-state index contributed by atoms with van der Waals surface area (Å²) in [6.07, 6.45) is 0. The molecular weight excluding hydrogens is 296 g/mol. The summed E-state index contributed by atoms with van der Waals surface area (Å²) in [6.45, 7) is 1.58. The van der Waals surface area contributed by atoms with Gasteiger partial charge in [-0.3, -0.25) is 10.1 Å². The van der Waals surface area contributed by atoms with Crippen molar-refractivity contribution in [3.63, 3.8) is 0 Å². The molecule has 0 bridgehead atoms. The van der Waals surface area contributed by atoms with Crippen LogP contribution in [0.3, 0.4) is 0 Å². The van der Waals surface area contributed by atoms with Crippen molar-refractivity contribution in [3.8, 4) is 0 Å². The van der Waals surface area contributed by atoms with Crippen molar-refractivity contribution >= 4 is 21.4 Å². The first-order chi connectivity index (χ1) is 9.26. The third-order valence-corrected chi connectivity index (χ3v) is 3.73. The summed E-state index contributed by atoms with van der Waals surface area (Å²) in [7, 11) is -3.52. The van der Waals surface area contributed by atoms with Gasteiger partial charge in [-0.2, -0.15) is 4.39 Å². The lowest BCUT2D eigenvalue weighted by molar-refractivity contribution is -0.386. The highest BCUT2D eigenvalue weighted by atomic mass is 32.2. The second-order valence-corrected chi connectivity index (χ2v) is 5.71. The van der Waals surface area contributed by atoms with Crippen LogP contribution < -0.4 is 10.0 Å². The maximum Gasteiger partial charge on any atom is 0.327 e. The fourth-order valence-electron chi connectivity index (χ4n) is 1.50. The molecule has 0 saturated heterocycles. The number of sulfonamides is 1. The third-order valence-electron chi connectivity index (χ3n) is 2.26. The number of benzene rings is 1. The zero-order chi connectivity index (χ0) is 15.3. The summed E-state index contributed by atoms with van der Waals surface area (Å²) >= 11 is 0. The molecule has 0 aromatic heterocycles. The van der Waals surface area contributed by atoms with Crippen molar-refractivity contribution in [1.29, 1.82) is 0 Å². The minimum absolute atomic E-state index is 0.205. The van der Waals surface area contributed by atoms with Gasteiger partial charge in [0.05, 0.1) is 10.7 Å². The summed E-state index contributed by atoms with van der Waals surface area (Å²) in [4.78, 5) is 9.68. The van der Waals surface area contributed by atoms with E-state index in [1.807, 2.05) is 0 Å². The number of anilines is 1. The second kappa shape index (κ2) is 6.57. The van der Waals surface area contributed by atoms with E-state index in [0.29, 0.717) is 6.07 Å². The van der Waals surface area contributed by atoms with Crippen LogP contribution in [-0.4, -0.2) is 32.2 Å². The van der Waals surface area contributed by atoms with E-state index in [-0.39, 0.29) is 18.8 Å². The van der Waals surface area contributed by atoms with Crippen molar-refractivity contribution in [2.75, 3.05) is 24.2 Å². The maximum absolute atomic E-state index is 13.3. The van der Waals surface area contributed by atoms with Gasteiger partial charge in [-0.15, -0.1) is 0 Å². The molecule has 0 aliphatic carbocycles. The fraction of sp³-hybridized carbons (Fsp3) is 0.400. The Labute approximate surface area is 114 Å². The number of nitro groups is 1. The summed E-state index contributed by atoms with van der Waals surface area (Å²) in [5, 5.41) is 13.0. The first kappa shape index (κ1) is 16.2. The van der Waals surface area contributed by atoms with E-state index < -0.39 is 38.0 Å². The molecule has 0 aliphatic heterocycles. The molecule has 0 radical (unpaired) electrons. The van der Waals surface area contributed by atoms with Crippen molar-refractivity contribution in [2.24, 2.45) is 0 Å². The molecule has 0 aliphatic rings. The van der Waals surface area contributed by atoms with Gasteiger partial charge in [-0.1, -0.05) is 6.92 Å². The molecule has 0 unspecified atom stereocenters. The molecule has 0 spiro atoms. The van der Waals surface area contributed by atoms with Crippen LogP contribution >= 0.6 is 0 Å². The van der Waals surface area contributed by atoms with Crippen molar-refractivity contribution in [1.82, 2.24) is 4.72 Å². The smallest absolute Gasteiger partial charge is 0.327 e. The molecule has 20 heavy (non-hydrogen) atoms. The highest BCUT2D eigenvalue weighted by molar-refractivity contribution is 7.89. The first-order valence-electron chi connectivity index (χ1n) is 5.61. The van der Waals surface area contributed by atoms with Gasteiger partial charge >= 0.3 is 5.69 Å². The molecule has 0 heterocycles. The highest BCUT2D eigenvalue weighted by Gasteiger charge is 2.22. The van der Waals surface area contributed by atoms with Crippen LogP contribution in [0.5, 0.6) is 0 Å². The van der Waals surface area contributed by atoms with Gasteiger partial charge in [0.25, 0.3) is 0 Å². The summed E-state index contributed by atoms with van der Waals surface area (Å²) < 4.78 is 51.2. The lowest BCUT2D eigenvalue weighted by atomic mass is 10.2. The van der Waals surface area contributed by atoms with Crippen LogP contribution in [0.2, 0.25) is 0 Å². The van der Waals surface area contributed by atoms with E-state index in [1.54, 1.807) is 6.92 Å². The van der Waals surface area contributed by atoms with Gasteiger partial charge in [0.1, 0.15) is 11.5 Å². The number of nitro benzene ring substituents is 1. The quantitative estimate of drug-likeness (QED) is 0.582. The lowest BCUT2D eigenvalue weighted by Crippen LogP contribution is -2.29. The Balaban J connectivity index is 2.85. The van der Waals surface area contributed by atoms with Crippen LogP contribution in [0.4, 0.5) is 20.2 Å². The molecule has 0 atom stereocenters. The summed E-state index contributed by atoms with van der Waals surface area (Å²) in [5.41, 5.74) is -1.33. The molecule has 0 amide bonds. The minimum Gasteiger partial charge on any atom is -0.378 e. The van der Waals surface area contributed by atoms with Crippen molar-refractivity contribution < 1.29 is 22.1 Å². The molecule has 10 heteroatoms. The van der Waals surface area contributed by atoms with Crippen LogP contribution in [0.1, 0.15) is 6.92 Å². The van der Waals surface area contributed by atoms with Gasteiger partial charge in [0.2, 0.25) is 15.8 Å². The van der Waals surface area contributed by atoms with Gasteiger partial charge in [0.15, 0.2) is 0 Å². The summed E-state index contributed by atoms with van der Waals surface area (Å²) in [5.74, 6) is -2.70. The van der Waals surface area contributed by atoms with E-state index in [4.69, 9.17) is 0 Å². The van der Waals surface area contributed by atoms with Crippen LogP contribution in [0.25, 0.3) is 0 Å². The second-order valence-electron chi connectivity index (χ2n) is 3.78. The lowest BCUT2D eigenvalue weighted by Gasteiger charge is -2.08. The van der Waals surface area contributed by atoms with E-state index in [2.05, 4.69) is 10.0 Å². The van der Waals surface area contributed by atoms with E-state index in [0.717, 1.165) is 6.07 Å². The standard InChI is InChI=1S/C10H13F2N3O4S/c1-2-14-20(18,19)4-3-13-9-6-7(11)5-8(12)10(9)15(16)17/h5-6,13-14H,2-4H2,1H3. The van der Waals surface area contributed by atoms with Crippen LogP contribution in [0.15, 0.2) is 12.1 Å². The Morgan fingerprint density at radius 1 is 1.35 bits per heavy atom. The molecule has 0 fully saturated rings. The molecule has 2 N–H and O–H groups in total. The Morgan fingerprint density at radius 3 is 2.55 bits per heavy atom. The van der Waals surface area contributed by atoms with Crippen LogP contribution in [-0.2, 0) is 10.0 Å². The molecule has 1 rings (SSSR count). The SMILES string of the molecule is CCNS(=O)(=O)CCNc1cc(F)cc(F)c1[N+](=O)[O-]. The summed E-state index contributed by atoms with van der Waals surface area (Å²) in [6, 6.07) is 1.12. The molecule has 112 valence electrons. The predicted octanol–water partition coefficient (Wildman–Crippen LogP) is 1.22. The Hall–Kier alpha value is -1.81. The molecule has 1 aromatic carbocycles. The number of hydrogen-bond acceptors (Lipinski definition) is 5. The number of halogens is 2. The Kier molecular flexibility index (Phi) is 5.34. The number of hydrogen-bond donors (Lipinski definition) is 2. The topological polar surface area (TPSA) is 101 Å². The largest absolute Gasteiger partial charge is 0.378 e. The average molecular weight is 309 g/mol. The van der Waals surface area contributed by atoms with Crippen molar-refractivity contribution in [3.05, 3.63) is 33.9 Å². The number of rotatable bonds is 7. The normalized spacial score (nSPS) is 11.3. The third kappa shape index (κ3) is 4.38. The van der Waals surface area contributed by atoms with Gasteiger partial charge in [-0.25, -0.2) is 17.5 Å². The number of nitrogens with zero attached hydrogens (tertiary/aromatic N) is 1. The Morgan fingerprint density at radius 2 is 2.00 bits per heavy atom. The maximum atomic E-state index is 13.3. The van der Waals surface area contributed by atoms with Crippen LogP contribution in [0, 0.1) is 21.7 Å². The van der Waals surface area contributed by atoms with Gasteiger partial charge in [-0.05, 0) is 0 Å². The molecular formula is C10H13F2N3O4S. The predicted molar refractivity (Wildman–Crippen MR) is 69.0 cm³/mol. The van der Waals surface area contributed by atoms with E-state index in [9.17, 15) is 27.3 Å². The molecule has 1 aromatic rings. The average Bonchev–Trinajstić information content (AvgIpc) is 2.26. The van der Waals surface area contributed by atoms with E-state index >= 15 is 0 Å². The molecule has 7 nitrogen and oxygen atoms in total. The fourth-order valence-corrected chi connectivity index (χ4v) is 2.45. The van der Waals surface area contributed by atoms with Gasteiger partial charge in [0, 0.05) is 25.2 Å². The first-order valence-corrected chi connectivity index (χ1v) is 7.26. The zero-order valence-corrected chi connectivity index (χ0v) is 11.3. The van der Waals surface area contributed by atoms with E-state index in [1.165, 1.54) is 0 Å². The number of nitrogens with one attached hydrogen (secondary N) is 2. The Bertz CT molecular complexity index is 607. The highest BCUT2D eigenvalue weighted by Crippen LogP contribution is 2.28.